The molecule has 0 atom stereocenters. The van der Waals surface area contributed by atoms with Crippen molar-refractivity contribution in [1.29, 1.82) is 0 Å². The second-order valence-corrected chi connectivity index (χ2v) is 5.27. The zero-order chi connectivity index (χ0) is 16.0. The predicted octanol–water partition coefficient (Wildman–Crippen LogP) is 2.67. The number of nitrogen functional groups attached to an aromatic ring is 1. The maximum atomic E-state index is 10.2. The van der Waals surface area contributed by atoms with Crippen molar-refractivity contribution in [2.45, 2.75) is 6.92 Å². The van der Waals surface area contributed by atoms with Crippen molar-refractivity contribution in [2.75, 3.05) is 5.73 Å². The Hall–Kier alpha value is -3.35. The number of rotatable bonds is 2. The molecule has 0 amide bonds. The Morgan fingerprint density at radius 3 is 2.70 bits per heavy atom. The van der Waals surface area contributed by atoms with E-state index in [0.29, 0.717) is 33.8 Å². The third-order valence-electron chi connectivity index (χ3n) is 3.64. The second-order valence-electron chi connectivity index (χ2n) is 5.27. The van der Waals surface area contributed by atoms with Crippen LogP contribution in [0, 0.1) is 6.92 Å². The second kappa shape index (κ2) is 4.84. The molecule has 0 fully saturated rings. The van der Waals surface area contributed by atoms with Crippen LogP contribution in [0.25, 0.3) is 28.2 Å². The SMILES string of the molecule is Cc1cc(N)cc(-c2nc3cc(-n4cnnc4)ccc3o2)c1O. The molecule has 3 N–H and O–H groups in total. The van der Waals surface area contributed by atoms with Crippen LogP contribution in [0.4, 0.5) is 5.69 Å². The highest BCUT2D eigenvalue weighted by Crippen LogP contribution is 2.35. The van der Waals surface area contributed by atoms with Gasteiger partial charge in [-0.2, -0.15) is 0 Å². The molecule has 23 heavy (non-hydrogen) atoms. The number of aryl methyl sites for hydroxylation is 1. The number of phenols is 1. The van der Waals surface area contributed by atoms with Crippen LogP contribution in [0.15, 0.2) is 47.4 Å². The van der Waals surface area contributed by atoms with Crippen LogP contribution >= 0.6 is 0 Å². The van der Waals surface area contributed by atoms with Crippen LogP contribution < -0.4 is 5.73 Å². The van der Waals surface area contributed by atoms with Gasteiger partial charge in [-0.3, -0.25) is 4.57 Å². The van der Waals surface area contributed by atoms with Crippen LogP contribution in [0.2, 0.25) is 0 Å². The molecule has 2 heterocycles. The van der Waals surface area contributed by atoms with E-state index in [-0.39, 0.29) is 5.75 Å². The lowest BCUT2D eigenvalue weighted by Crippen LogP contribution is -1.90. The minimum Gasteiger partial charge on any atom is -0.507 e. The van der Waals surface area contributed by atoms with Crippen molar-refractivity contribution in [1.82, 2.24) is 19.7 Å². The lowest BCUT2D eigenvalue weighted by Gasteiger charge is -2.05. The number of hydrogen-bond donors (Lipinski definition) is 2. The first-order chi connectivity index (χ1) is 11.1. The third-order valence-corrected chi connectivity index (χ3v) is 3.64. The van der Waals surface area contributed by atoms with Gasteiger partial charge in [-0.15, -0.1) is 10.2 Å². The molecule has 7 heteroatoms. The largest absolute Gasteiger partial charge is 0.507 e. The normalized spacial score (nSPS) is 11.2. The van der Waals surface area contributed by atoms with Gasteiger partial charge < -0.3 is 15.3 Å². The number of phenolic OH excluding ortho intramolecular Hbond substituents is 1. The quantitative estimate of drug-likeness (QED) is 0.436. The van der Waals surface area contributed by atoms with Gasteiger partial charge in [0.15, 0.2) is 5.58 Å². The third kappa shape index (κ3) is 2.18. The molecule has 0 aliphatic carbocycles. The van der Waals surface area contributed by atoms with E-state index < -0.39 is 0 Å². The summed E-state index contributed by atoms with van der Waals surface area (Å²) in [5.41, 5.74) is 9.71. The van der Waals surface area contributed by atoms with Crippen molar-refractivity contribution >= 4 is 16.8 Å². The minimum absolute atomic E-state index is 0.116. The van der Waals surface area contributed by atoms with Gasteiger partial charge in [0.2, 0.25) is 5.89 Å². The Morgan fingerprint density at radius 2 is 1.91 bits per heavy atom. The summed E-state index contributed by atoms with van der Waals surface area (Å²) in [5.74, 6) is 0.443. The Balaban J connectivity index is 1.87. The number of hydrogen-bond acceptors (Lipinski definition) is 6. The summed E-state index contributed by atoms with van der Waals surface area (Å²) in [6, 6.07) is 8.91. The van der Waals surface area contributed by atoms with E-state index in [4.69, 9.17) is 10.2 Å². The first-order valence-corrected chi connectivity index (χ1v) is 6.97. The smallest absolute Gasteiger partial charge is 0.231 e. The highest BCUT2D eigenvalue weighted by Gasteiger charge is 2.15. The molecule has 0 aliphatic heterocycles. The monoisotopic (exact) mass is 307 g/mol. The summed E-state index contributed by atoms with van der Waals surface area (Å²) in [6.07, 6.45) is 3.21. The summed E-state index contributed by atoms with van der Waals surface area (Å²) < 4.78 is 7.52. The molecule has 0 saturated carbocycles. The Bertz CT molecular complexity index is 1000. The summed E-state index contributed by atoms with van der Waals surface area (Å²) in [4.78, 5) is 4.46. The molecule has 114 valence electrons. The number of benzene rings is 2. The van der Waals surface area contributed by atoms with Crippen molar-refractivity contribution in [3.8, 4) is 22.9 Å². The highest BCUT2D eigenvalue weighted by molar-refractivity contribution is 5.80. The molecular weight excluding hydrogens is 294 g/mol. The van der Waals surface area contributed by atoms with Gasteiger partial charge in [0, 0.05) is 5.69 Å². The fourth-order valence-electron chi connectivity index (χ4n) is 2.50. The van der Waals surface area contributed by atoms with Gasteiger partial charge >= 0.3 is 0 Å². The summed E-state index contributed by atoms with van der Waals surface area (Å²) in [5, 5.41) is 17.8. The number of aromatic nitrogens is 4. The van der Waals surface area contributed by atoms with Crippen molar-refractivity contribution in [3.63, 3.8) is 0 Å². The molecule has 4 rings (SSSR count). The Morgan fingerprint density at radius 1 is 1.13 bits per heavy atom. The predicted molar refractivity (Wildman–Crippen MR) is 85.2 cm³/mol. The molecule has 0 bridgehead atoms. The minimum atomic E-state index is 0.116. The van der Waals surface area contributed by atoms with E-state index in [2.05, 4.69) is 15.2 Å². The van der Waals surface area contributed by atoms with E-state index in [1.807, 2.05) is 18.2 Å². The van der Waals surface area contributed by atoms with Gasteiger partial charge in [0.1, 0.15) is 23.9 Å². The van der Waals surface area contributed by atoms with Crippen molar-refractivity contribution in [2.24, 2.45) is 0 Å². The summed E-state index contributed by atoms with van der Waals surface area (Å²) in [7, 11) is 0. The van der Waals surface area contributed by atoms with E-state index >= 15 is 0 Å². The molecule has 7 nitrogen and oxygen atoms in total. The molecule has 0 spiro atoms. The fourth-order valence-corrected chi connectivity index (χ4v) is 2.50. The van der Waals surface area contributed by atoms with Crippen molar-refractivity contribution < 1.29 is 9.52 Å². The summed E-state index contributed by atoms with van der Waals surface area (Å²) in [6.45, 7) is 1.78. The molecule has 2 aromatic carbocycles. The molecule has 0 saturated heterocycles. The van der Waals surface area contributed by atoms with E-state index in [1.165, 1.54) is 0 Å². The number of aromatic hydroxyl groups is 1. The topological polar surface area (TPSA) is 103 Å². The van der Waals surface area contributed by atoms with E-state index in [0.717, 1.165) is 5.69 Å². The first kappa shape index (κ1) is 13.3. The maximum Gasteiger partial charge on any atom is 0.231 e. The molecule has 0 aliphatic rings. The average molecular weight is 307 g/mol. The fraction of sp³-hybridized carbons (Fsp3) is 0.0625. The molecule has 4 aromatic rings. The van der Waals surface area contributed by atoms with Crippen LogP contribution in [-0.2, 0) is 0 Å². The van der Waals surface area contributed by atoms with Gasteiger partial charge in [-0.25, -0.2) is 4.98 Å². The zero-order valence-corrected chi connectivity index (χ0v) is 12.3. The maximum absolute atomic E-state index is 10.2. The van der Waals surface area contributed by atoms with E-state index in [9.17, 15) is 5.11 Å². The van der Waals surface area contributed by atoms with Gasteiger partial charge in [0.25, 0.3) is 0 Å². The number of anilines is 1. The van der Waals surface area contributed by atoms with Gasteiger partial charge in [-0.1, -0.05) is 0 Å². The van der Waals surface area contributed by atoms with Crippen LogP contribution in [0.5, 0.6) is 5.75 Å². The standard InChI is InChI=1S/C16H13N5O2/c1-9-4-10(17)5-12(15(9)22)16-20-13-6-11(2-3-14(13)23-16)21-7-18-19-8-21/h2-8,22H,17H2,1H3. The lowest BCUT2D eigenvalue weighted by atomic mass is 10.1. The van der Waals surface area contributed by atoms with Gasteiger partial charge in [0.05, 0.1) is 11.3 Å². The number of nitrogens with zero attached hydrogens (tertiary/aromatic N) is 4. The highest BCUT2D eigenvalue weighted by atomic mass is 16.3. The number of oxazole rings is 1. The number of fused-ring (bicyclic) bond motifs is 1. The molecule has 0 radical (unpaired) electrons. The average Bonchev–Trinajstić information content (AvgIpc) is 3.18. The van der Waals surface area contributed by atoms with Crippen LogP contribution in [0.1, 0.15) is 5.56 Å². The number of nitrogens with two attached hydrogens (primary N) is 1. The Kier molecular flexibility index (Phi) is 2.80. The zero-order valence-electron chi connectivity index (χ0n) is 12.3. The van der Waals surface area contributed by atoms with Crippen LogP contribution in [0.3, 0.4) is 0 Å². The van der Waals surface area contributed by atoms with Crippen LogP contribution in [-0.4, -0.2) is 24.9 Å². The molecule has 0 unspecified atom stereocenters. The van der Waals surface area contributed by atoms with E-state index in [1.54, 1.807) is 36.3 Å². The van der Waals surface area contributed by atoms with Gasteiger partial charge in [-0.05, 0) is 42.8 Å². The molecule has 2 aromatic heterocycles. The van der Waals surface area contributed by atoms with Crippen molar-refractivity contribution in [3.05, 3.63) is 48.5 Å². The lowest BCUT2D eigenvalue weighted by molar-refractivity contribution is 0.470. The molecular formula is C16H13N5O2. The Labute approximate surface area is 131 Å². The summed E-state index contributed by atoms with van der Waals surface area (Å²) >= 11 is 0. The first-order valence-electron chi connectivity index (χ1n) is 6.97.